The first kappa shape index (κ1) is 19.5. The summed E-state index contributed by atoms with van der Waals surface area (Å²) >= 11 is 0. The minimum absolute atomic E-state index is 0.0126. The van der Waals surface area contributed by atoms with Crippen molar-refractivity contribution in [2.75, 3.05) is 0 Å². The number of hydrogen-bond acceptors (Lipinski definition) is 4. The Morgan fingerprint density at radius 1 is 0.938 bits per heavy atom. The summed E-state index contributed by atoms with van der Waals surface area (Å²) in [5.41, 5.74) is 3.90. The third kappa shape index (κ3) is 3.28. The van der Waals surface area contributed by atoms with Crippen LogP contribution in [0.15, 0.2) is 93.4 Å². The van der Waals surface area contributed by atoms with Gasteiger partial charge in [-0.1, -0.05) is 60.7 Å². The summed E-state index contributed by atoms with van der Waals surface area (Å²) in [7, 11) is 0. The van der Waals surface area contributed by atoms with Gasteiger partial charge in [0.1, 0.15) is 5.56 Å². The molecule has 0 amide bonds. The zero-order valence-corrected chi connectivity index (χ0v) is 17.2. The molecule has 0 unspecified atom stereocenters. The molecule has 1 aromatic heterocycles. The van der Waals surface area contributed by atoms with Gasteiger partial charge in [0.05, 0.1) is 17.1 Å². The van der Waals surface area contributed by atoms with Gasteiger partial charge in [0.2, 0.25) is 5.88 Å². The highest BCUT2D eigenvalue weighted by Gasteiger charge is 2.24. The zero-order chi connectivity index (χ0) is 22.2. The van der Waals surface area contributed by atoms with Gasteiger partial charge in [-0.25, -0.2) is 14.4 Å². The largest absolute Gasteiger partial charge is 0.494 e. The molecule has 0 spiro atoms. The molecule has 0 bridgehead atoms. The number of aromatic amines is 1. The Labute approximate surface area is 183 Å². The topological polar surface area (TPSA) is 87.4 Å². The van der Waals surface area contributed by atoms with Crippen molar-refractivity contribution in [3.8, 4) is 11.6 Å². The van der Waals surface area contributed by atoms with E-state index in [4.69, 9.17) is 4.99 Å². The molecule has 3 aromatic carbocycles. The molecule has 4 aromatic rings. The molecular formula is C26H19N3O3. The van der Waals surface area contributed by atoms with Crippen molar-refractivity contribution in [2.24, 2.45) is 4.99 Å². The summed E-state index contributed by atoms with van der Waals surface area (Å²) in [5, 5.41) is 11.0. The van der Waals surface area contributed by atoms with E-state index >= 15 is 0 Å². The minimum atomic E-state index is -0.705. The molecule has 2 N–H and O–H groups in total. The molecule has 6 nitrogen and oxygen atoms in total. The van der Waals surface area contributed by atoms with Crippen molar-refractivity contribution < 1.29 is 5.11 Å². The van der Waals surface area contributed by atoms with Gasteiger partial charge in [0, 0.05) is 16.7 Å². The maximum Gasteiger partial charge on any atom is 0.335 e. The van der Waals surface area contributed by atoms with Crippen LogP contribution in [0, 0.1) is 6.92 Å². The molecule has 0 saturated heterocycles. The third-order valence-corrected chi connectivity index (χ3v) is 5.40. The number of nitrogens with zero attached hydrogens (tertiary/aromatic N) is 2. The Morgan fingerprint density at radius 3 is 2.47 bits per heavy atom. The van der Waals surface area contributed by atoms with E-state index in [1.54, 1.807) is 24.3 Å². The van der Waals surface area contributed by atoms with Crippen LogP contribution in [-0.2, 0) is 0 Å². The van der Waals surface area contributed by atoms with Crippen LogP contribution in [0.4, 0.5) is 5.69 Å². The van der Waals surface area contributed by atoms with Crippen LogP contribution < -0.4 is 11.2 Å². The maximum absolute atomic E-state index is 12.7. The zero-order valence-electron chi connectivity index (χ0n) is 17.2. The van der Waals surface area contributed by atoms with E-state index < -0.39 is 17.1 Å². The first-order chi connectivity index (χ1) is 15.5. The van der Waals surface area contributed by atoms with Gasteiger partial charge in [0.15, 0.2) is 0 Å². The van der Waals surface area contributed by atoms with E-state index in [2.05, 4.69) is 4.98 Å². The molecule has 32 heavy (non-hydrogen) atoms. The second-order valence-corrected chi connectivity index (χ2v) is 7.57. The number of aromatic nitrogens is 2. The van der Waals surface area contributed by atoms with Crippen LogP contribution >= 0.6 is 0 Å². The molecule has 0 saturated carbocycles. The number of hydrogen-bond donors (Lipinski definition) is 2. The quantitative estimate of drug-likeness (QED) is 0.519. The van der Waals surface area contributed by atoms with Crippen LogP contribution in [0.25, 0.3) is 17.3 Å². The fraction of sp³-hybridized carbons (Fsp3) is 0.0385. The van der Waals surface area contributed by atoms with Gasteiger partial charge >= 0.3 is 5.69 Å². The van der Waals surface area contributed by atoms with E-state index in [9.17, 15) is 14.7 Å². The second-order valence-electron chi connectivity index (χ2n) is 7.57. The van der Waals surface area contributed by atoms with Crippen LogP contribution in [0.1, 0.15) is 22.3 Å². The SMILES string of the molecule is Cc1cccc(-n2c(O)c(/C=C3\C(c4ccccc4)=Nc4ccccc43)c(=O)[nH]c2=O)c1. The van der Waals surface area contributed by atoms with Crippen LogP contribution in [-0.4, -0.2) is 20.4 Å². The fourth-order valence-corrected chi connectivity index (χ4v) is 3.89. The van der Waals surface area contributed by atoms with Crippen molar-refractivity contribution in [3.63, 3.8) is 0 Å². The molecule has 156 valence electrons. The molecule has 1 aliphatic rings. The number of fused-ring (bicyclic) bond motifs is 1. The highest BCUT2D eigenvalue weighted by molar-refractivity contribution is 6.39. The minimum Gasteiger partial charge on any atom is -0.494 e. The normalized spacial score (nSPS) is 13.8. The van der Waals surface area contributed by atoms with Gasteiger partial charge in [-0.15, -0.1) is 0 Å². The Hall–Kier alpha value is -4.45. The summed E-state index contributed by atoms with van der Waals surface area (Å²) in [6, 6.07) is 24.4. The van der Waals surface area contributed by atoms with E-state index in [0.717, 1.165) is 26.9 Å². The number of benzene rings is 3. The lowest BCUT2D eigenvalue weighted by Gasteiger charge is -2.12. The van der Waals surface area contributed by atoms with Crippen molar-refractivity contribution in [2.45, 2.75) is 6.92 Å². The lowest BCUT2D eigenvalue weighted by Crippen LogP contribution is -2.30. The van der Waals surface area contributed by atoms with Crippen molar-refractivity contribution in [1.82, 2.24) is 9.55 Å². The number of para-hydroxylation sites is 1. The smallest absolute Gasteiger partial charge is 0.335 e. The molecule has 5 rings (SSSR count). The highest BCUT2D eigenvalue weighted by atomic mass is 16.3. The van der Waals surface area contributed by atoms with Crippen LogP contribution in [0.2, 0.25) is 0 Å². The lowest BCUT2D eigenvalue weighted by molar-refractivity contribution is 0.429. The number of aryl methyl sites for hydroxylation is 1. The summed E-state index contributed by atoms with van der Waals surface area (Å²) in [6.45, 7) is 1.89. The predicted octanol–water partition coefficient (Wildman–Crippen LogP) is 4.21. The van der Waals surface area contributed by atoms with E-state index in [1.807, 2.05) is 67.6 Å². The molecule has 0 radical (unpaired) electrons. The summed E-state index contributed by atoms with van der Waals surface area (Å²) in [4.78, 5) is 32.4. The molecule has 6 heteroatoms. The van der Waals surface area contributed by atoms with Crippen LogP contribution in [0.5, 0.6) is 5.88 Å². The number of allylic oxidation sites excluding steroid dienone is 1. The number of H-pyrrole nitrogens is 1. The first-order valence-electron chi connectivity index (χ1n) is 10.1. The molecular weight excluding hydrogens is 402 g/mol. The van der Waals surface area contributed by atoms with E-state index in [1.165, 1.54) is 0 Å². The number of aromatic hydroxyl groups is 1. The number of rotatable bonds is 3. The maximum atomic E-state index is 12.7. The van der Waals surface area contributed by atoms with Crippen LogP contribution in [0.3, 0.4) is 0 Å². The molecule has 0 aliphatic carbocycles. The fourth-order valence-electron chi connectivity index (χ4n) is 3.89. The van der Waals surface area contributed by atoms with E-state index in [-0.39, 0.29) is 5.56 Å². The Morgan fingerprint density at radius 2 is 1.69 bits per heavy atom. The first-order valence-corrected chi connectivity index (χ1v) is 10.1. The van der Waals surface area contributed by atoms with Crippen molar-refractivity contribution >= 4 is 23.0 Å². The Bertz CT molecular complexity index is 1530. The lowest BCUT2D eigenvalue weighted by atomic mass is 9.96. The monoisotopic (exact) mass is 421 g/mol. The van der Waals surface area contributed by atoms with E-state index in [0.29, 0.717) is 17.0 Å². The molecule has 2 heterocycles. The average Bonchev–Trinajstić information content (AvgIpc) is 3.15. The Kier molecular flexibility index (Phi) is 4.67. The molecule has 0 fully saturated rings. The third-order valence-electron chi connectivity index (χ3n) is 5.40. The number of nitrogens with one attached hydrogen (secondary N) is 1. The van der Waals surface area contributed by atoms with Gasteiger partial charge in [-0.2, -0.15) is 0 Å². The van der Waals surface area contributed by atoms with Gasteiger partial charge in [0.25, 0.3) is 5.56 Å². The van der Waals surface area contributed by atoms with Gasteiger partial charge in [-0.3, -0.25) is 9.78 Å². The predicted molar refractivity (Wildman–Crippen MR) is 126 cm³/mol. The van der Waals surface area contributed by atoms with Crippen molar-refractivity contribution in [1.29, 1.82) is 0 Å². The summed E-state index contributed by atoms with van der Waals surface area (Å²) in [5.74, 6) is -0.423. The summed E-state index contributed by atoms with van der Waals surface area (Å²) in [6.07, 6.45) is 1.59. The average molecular weight is 421 g/mol. The second kappa shape index (κ2) is 7.67. The van der Waals surface area contributed by atoms with Gasteiger partial charge < -0.3 is 5.11 Å². The van der Waals surface area contributed by atoms with Gasteiger partial charge in [-0.05, 0) is 36.8 Å². The van der Waals surface area contributed by atoms with Crippen molar-refractivity contribution in [3.05, 3.63) is 122 Å². The highest BCUT2D eigenvalue weighted by Crippen LogP contribution is 2.38. The molecule has 0 atom stereocenters. The standard InChI is InChI=1S/C26H19N3O3/c1-16-8-7-11-18(14-16)29-25(31)21(24(30)28-26(29)32)15-20-19-12-5-6-13-22(19)27-23(20)17-9-3-2-4-10-17/h2-15,31H,1H3,(H,28,30,32)/b20-15-. The number of aliphatic imine (C=N–C) groups is 1. The molecule has 1 aliphatic heterocycles. The summed E-state index contributed by atoms with van der Waals surface area (Å²) < 4.78 is 1.10. The Balaban J connectivity index is 1.75.